The lowest BCUT2D eigenvalue weighted by Crippen LogP contribution is -2.02. The van der Waals surface area contributed by atoms with E-state index in [4.69, 9.17) is 5.26 Å². The third-order valence-corrected chi connectivity index (χ3v) is 2.82. The van der Waals surface area contributed by atoms with Crippen LogP contribution in [0, 0.1) is 18.3 Å². The second-order valence-corrected chi connectivity index (χ2v) is 3.99. The molecular formula is C14H14N4. The highest BCUT2D eigenvalue weighted by molar-refractivity contribution is 5.67. The minimum absolute atomic E-state index is 0.496. The third-order valence-electron chi connectivity index (χ3n) is 2.82. The predicted octanol–water partition coefficient (Wildman–Crippen LogP) is 2.96. The van der Waals surface area contributed by atoms with Gasteiger partial charge < -0.3 is 5.32 Å². The number of rotatable bonds is 3. The Labute approximate surface area is 106 Å². The molecule has 0 aliphatic heterocycles. The average Bonchev–Trinajstić information content (AvgIpc) is 2.41. The van der Waals surface area contributed by atoms with Gasteiger partial charge in [0.05, 0.1) is 11.8 Å². The summed E-state index contributed by atoms with van der Waals surface area (Å²) in [6.07, 6.45) is 2.44. The normalized spacial score (nSPS) is 9.83. The zero-order valence-corrected chi connectivity index (χ0v) is 10.4. The van der Waals surface area contributed by atoms with Gasteiger partial charge in [0.2, 0.25) is 0 Å². The van der Waals surface area contributed by atoms with Gasteiger partial charge in [0.15, 0.2) is 5.82 Å². The number of hydrogen-bond donors (Lipinski definition) is 1. The molecule has 1 N–H and O–H groups in total. The van der Waals surface area contributed by atoms with Crippen LogP contribution in [-0.4, -0.2) is 10.2 Å². The summed E-state index contributed by atoms with van der Waals surface area (Å²) < 4.78 is 0. The van der Waals surface area contributed by atoms with Gasteiger partial charge in [-0.15, -0.1) is 5.10 Å². The molecule has 0 radical (unpaired) electrons. The van der Waals surface area contributed by atoms with Crippen molar-refractivity contribution in [1.29, 1.82) is 5.26 Å². The fourth-order valence-corrected chi connectivity index (χ4v) is 1.83. The van der Waals surface area contributed by atoms with Crippen molar-refractivity contribution in [3.8, 4) is 6.07 Å². The van der Waals surface area contributed by atoms with Crippen LogP contribution in [0.4, 0.5) is 11.5 Å². The van der Waals surface area contributed by atoms with Crippen molar-refractivity contribution in [1.82, 2.24) is 10.2 Å². The number of aromatic nitrogens is 2. The lowest BCUT2D eigenvalue weighted by molar-refractivity contribution is 1.03. The van der Waals surface area contributed by atoms with Crippen LogP contribution in [-0.2, 0) is 6.42 Å². The fourth-order valence-electron chi connectivity index (χ4n) is 1.83. The van der Waals surface area contributed by atoms with E-state index in [2.05, 4.69) is 34.6 Å². The van der Waals surface area contributed by atoms with Gasteiger partial charge in [0.1, 0.15) is 6.07 Å². The maximum absolute atomic E-state index is 9.03. The molecular weight excluding hydrogens is 224 g/mol. The smallest absolute Gasteiger partial charge is 0.171 e. The molecule has 0 saturated heterocycles. The van der Waals surface area contributed by atoms with E-state index in [1.807, 2.05) is 19.1 Å². The molecule has 0 spiro atoms. The number of hydrogen-bond acceptors (Lipinski definition) is 4. The number of anilines is 2. The number of aryl methyl sites for hydroxylation is 2. The molecule has 90 valence electrons. The second-order valence-electron chi connectivity index (χ2n) is 3.99. The topological polar surface area (TPSA) is 61.6 Å². The standard InChI is InChI=1S/C14H14N4/c1-3-11-6-4-5-10(2)13(11)17-14-12(9-15)7-8-16-18-14/h4-8H,3H2,1-2H3,(H,17,18). The van der Waals surface area contributed by atoms with E-state index in [1.54, 1.807) is 6.07 Å². The predicted molar refractivity (Wildman–Crippen MR) is 70.6 cm³/mol. The summed E-state index contributed by atoms with van der Waals surface area (Å²) in [5.41, 5.74) is 3.83. The Hall–Kier alpha value is -2.41. The molecule has 0 bridgehead atoms. The Morgan fingerprint density at radius 2 is 2.17 bits per heavy atom. The van der Waals surface area contributed by atoms with Crippen molar-refractivity contribution >= 4 is 11.5 Å². The molecule has 0 unspecified atom stereocenters. The maximum atomic E-state index is 9.03. The van der Waals surface area contributed by atoms with Gasteiger partial charge in [0.25, 0.3) is 0 Å². The molecule has 2 aromatic rings. The molecule has 18 heavy (non-hydrogen) atoms. The molecule has 1 aromatic carbocycles. The Kier molecular flexibility index (Phi) is 3.54. The molecule has 0 aliphatic rings. The lowest BCUT2D eigenvalue weighted by Gasteiger charge is -2.13. The zero-order chi connectivity index (χ0) is 13.0. The van der Waals surface area contributed by atoms with E-state index in [1.165, 1.54) is 11.8 Å². The van der Waals surface area contributed by atoms with E-state index >= 15 is 0 Å². The second kappa shape index (κ2) is 5.28. The monoisotopic (exact) mass is 238 g/mol. The van der Waals surface area contributed by atoms with Gasteiger partial charge in [-0.25, -0.2) is 0 Å². The molecule has 0 amide bonds. The molecule has 0 atom stereocenters. The Morgan fingerprint density at radius 3 is 2.89 bits per heavy atom. The van der Waals surface area contributed by atoms with E-state index in [9.17, 15) is 0 Å². The molecule has 0 aliphatic carbocycles. The van der Waals surface area contributed by atoms with Gasteiger partial charge >= 0.3 is 0 Å². The minimum atomic E-state index is 0.496. The molecule has 2 rings (SSSR count). The van der Waals surface area contributed by atoms with Crippen molar-refractivity contribution in [2.75, 3.05) is 5.32 Å². The third kappa shape index (κ3) is 2.30. The Bertz CT molecular complexity index is 599. The van der Waals surface area contributed by atoms with Crippen LogP contribution in [0.1, 0.15) is 23.6 Å². The van der Waals surface area contributed by atoms with Crippen LogP contribution in [0.2, 0.25) is 0 Å². The Balaban J connectivity index is 2.43. The zero-order valence-electron chi connectivity index (χ0n) is 10.4. The summed E-state index contributed by atoms with van der Waals surface area (Å²) in [7, 11) is 0. The first kappa shape index (κ1) is 12.1. The minimum Gasteiger partial charge on any atom is -0.337 e. The number of nitrogens with one attached hydrogen (secondary N) is 1. The maximum Gasteiger partial charge on any atom is 0.171 e. The summed E-state index contributed by atoms with van der Waals surface area (Å²) in [5, 5.41) is 20.0. The van der Waals surface area contributed by atoms with E-state index in [0.29, 0.717) is 11.4 Å². The first-order valence-electron chi connectivity index (χ1n) is 5.83. The summed E-state index contributed by atoms with van der Waals surface area (Å²) in [5.74, 6) is 0.504. The summed E-state index contributed by atoms with van der Waals surface area (Å²) >= 11 is 0. The van der Waals surface area contributed by atoms with Gasteiger partial charge in [-0.1, -0.05) is 25.1 Å². The summed E-state index contributed by atoms with van der Waals surface area (Å²) in [6, 6.07) is 9.89. The molecule has 4 heteroatoms. The van der Waals surface area contributed by atoms with Crippen molar-refractivity contribution < 1.29 is 0 Å². The van der Waals surface area contributed by atoms with Gasteiger partial charge in [-0.05, 0) is 30.5 Å². The van der Waals surface area contributed by atoms with E-state index in [-0.39, 0.29) is 0 Å². The molecule has 0 saturated carbocycles. The molecule has 1 aromatic heterocycles. The number of nitrogens with zero attached hydrogens (tertiary/aromatic N) is 3. The number of nitriles is 1. The lowest BCUT2D eigenvalue weighted by atomic mass is 10.1. The molecule has 4 nitrogen and oxygen atoms in total. The molecule has 0 fully saturated rings. The van der Waals surface area contributed by atoms with Crippen LogP contribution in [0.25, 0.3) is 0 Å². The van der Waals surface area contributed by atoms with E-state index < -0.39 is 0 Å². The van der Waals surface area contributed by atoms with Crippen LogP contribution in [0.3, 0.4) is 0 Å². The fraction of sp³-hybridized carbons (Fsp3) is 0.214. The number of benzene rings is 1. The SMILES string of the molecule is CCc1cccc(C)c1Nc1nnccc1C#N. The van der Waals surface area contributed by atoms with Gasteiger partial charge in [-0.3, -0.25) is 0 Å². The van der Waals surface area contributed by atoms with Gasteiger partial charge in [-0.2, -0.15) is 10.4 Å². The van der Waals surface area contributed by atoms with Crippen molar-refractivity contribution in [3.63, 3.8) is 0 Å². The van der Waals surface area contributed by atoms with Crippen LogP contribution in [0.15, 0.2) is 30.5 Å². The Morgan fingerprint density at radius 1 is 1.33 bits per heavy atom. The highest BCUT2D eigenvalue weighted by Gasteiger charge is 2.08. The highest BCUT2D eigenvalue weighted by Crippen LogP contribution is 2.25. The van der Waals surface area contributed by atoms with Crippen molar-refractivity contribution in [2.24, 2.45) is 0 Å². The van der Waals surface area contributed by atoms with Crippen LogP contribution < -0.4 is 5.32 Å². The van der Waals surface area contributed by atoms with Crippen LogP contribution in [0.5, 0.6) is 0 Å². The quantitative estimate of drug-likeness (QED) is 0.893. The van der Waals surface area contributed by atoms with Crippen molar-refractivity contribution in [2.45, 2.75) is 20.3 Å². The summed E-state index contributed by atoms with van der Waals surface area (Å²) in [4.78, 5) is 0. The van der Waals surface area contributed by atoms with Crippen LogP contribution >= 0.6 is 0 Å². The van der Waals surface area contributed by atoms with Gasteiger partial charge in [0, 0.05) is 5.69 Å². The molecule has 1 heterocycles. The summed E-state index contributed by atoms with van der Waals surface area (Å²) in [6.45, 7) is 4.13. The first-order valence-corrected chi connectivity index (χ1v) is 5.83. The van der Waals surface area contributed by atoms with E-state index in [0.717, 1.165) is 17.7 Å². The highest BCUT2D eigenvalue weighted by atomic mass is 15.2. The van der Waals surface area contributed by atoms with Crippen molar-refractivity contribution in [3.05, 3.63) is 47.2 Å². The first-order chi connectivity index (χ1) is 8.76. The largest absolute Gasteiger partial charge is 0.337 e. The number of para-hydroxylation sites is 1. The average molecular weight is 238 g/mol.